The molecule has 2 aliphatic rings. The van der Waals surface area contributed by atoms with Crippen LogP contribution in [0.5, 0.6) is 0 Å². The third-order valence-electron chi connectivity index (χ3n) is 3.61. The van der Waals surface area contributed by atoms with E-state index < -0.39 is 43.5 Å². The van der Waals surface area contributed by atoms with Gasteiger partial charge in [-0.2, -0.15) is 0 Å². The van der Waals surface area contributed by atoms with Gasteiger partial charge in [0.2, 0.25) is 0 Å². The number of hydrogen-bond acceptors (Lipinski definition) is 6. The van der Waals surface area contributed by atoms with Crippen LogP contribution in [0.4, 0.5) is 0 Å². The van der Waals surface area contributed by atoms with Crippen molar-refractivity contribution in [2.24, 2.45) is 5.11 Å². The number of rotatable bonds is 4. The lowest BCUT2D eigenvalue weighted by Crippen LogP contribution is -2.40. The second kappa shape index (κ2) is 5.98. The molecule has 1 unspecified atom stereocenters. The number of benzene rings is 1. The van der Waals surface area contributed by atoms with Gasteiger partial charge in [-0.25, -0.2) is 0 Å². The van der Waals surface area contributed by atoms with E-state index in [1.165, 1.54) is 0 Å². The zero-order valence-electron chi connectivity index (χ0n) is 11.0. The summed E-state index contributed by atoms with van der Waals surface area (Å²) in [6, 6.07) is 8.43. The van der Waals surface area contributed by atoms with Gasteiger partial charge in [-0.1, -0.05) is 35.4 Å². The maximum atomic E-state index is 10.2. The molecule has 6 atom stereocenters. The van der Waals surface area contributed by atoms with Gasteiger partial charge in [-0.15, -0.1) is 0 Å². The van der Waals surface area contributed by atoms with Gasteiger partial charge in [0.15, 0.2) is 12.6 Å². The summed E-state index contributed by atoms with van der Waals surface area (Å²) in [5, 5.41) is 22.8. The molecule has 0 radical (unpaired) electrons. The number of azide groups is 1. The topological polar surface area (TPSA) is 117 Å². The van der Waals surface area contributed by atoms with Crippen LogP contribution in [0, 0.1) is 0 Å². The predicted molar refractivity (Wildman–Crippen MR) is 69.8 cm³/mol. The highest BCUT2D eigenvalue weighted by Gasteiger charge is 2.53. The third kappa shape index (κ3) is 2.60. The first-order valence-corrected chi connectivity index (χ1v) is 6.59. The van der Waals surface area contributed by atoms with Crippen LogP contribution in [0.15, 0.2) is 35.4 Å². The normalized spacial score (nSPS) is 36.0. The van der Waals surface area contributed by atoms with E-state index in [0.717, 1.165) is 5.56 Å². The van der Waals surface area contributed by atoms with Gasteiger partial charge in [-0.3, -0.25) is 0 Å². The predicted octanol–water partition coefficient (Wildman–Crippen LogP) is 0.858. The van der Waals surface area contributed by atoms with Gasteiger partial charge in [0.05, 0.1) is 12.6 Å². The van der Waals surface area contributed by atoms with Gasteiger partial charge >= 0.3 is 0 Å². The molecule has 3 rings (SSSR count). The van der Waals surface area contributed by atoms with Gasteiger partial charge < -0.3 is 24.4 Å². The molecule has 2 aliphatic heterocycles. The Morgan fingerprint density at radius 3 is 2.62 bits per heavy atom. The fourth-order valence-corrected chi connectivity index (χ4v) is 2.57. The van der Waals surface area contributed by atoms with Gasteiger partial charge in [0.1, 0.15) is 18.3 Å². The number of ether oxygens (including phenoxy) is 3. The van der Waals surface area contributed by atoms with E-state index in [2.05, 4.69) is 10.0 Å². The van der Waals surface area contributed by atoms with E-state index in [9.17, 15) is 10.2 Å². The second-order valence-corrected chi connectivity index (χ2v) is 4.89. The number of hydrogen-bond donors (Lipinski definition) is 2. The molecule has 0 aromatic heterocycles. The van der Waals surface area contributed by atoms with Gasteiger partial charge in [0.25, 0.3) is 0 Å². The summed E-state index contributed by atoms with van der Waals surface area (Å²) < 4.78 is 16.8. The molecule has 0 bridgehead atoms. The van der Waals surface area contributed by atoms with Crippen LogP contribution in [-0.4, -0.2) is 47.5 Å². The average molecular weight is 293 g/mol. The standard InChI is InChI=1S/C13H15N3O5/c14-16-15-8(6-17)10-9(18)11-13(19-10)21-12(20-11)7-4-2-1-3-5-7/h1-5,8-13,17-18H,6H2/t8-,9+,10-,11-,12?,13-/m1/s1. The van der Waals surface area contributed by atoms with Crippen LogP contribution < -0.4 is 0 Å². The van der Waals surface area contributed by atoms with Crippen molar-refractivity contribution in [1.82, 2.24) is 0 Å². The Morgan fingerprint density at radius 1 is 1.24 bits per heavy atom. The number of fused-ring (bicyclic) bond motifs is 1. The first kappa shape index (κ1) is 14.3. The minimum Gasteiger partial charge on any atom is -0.396 e. The van der Waals surface area contributed by atoms with Gasteiger partial charge in [0, 0.05) is 10.5 Å². The summed E-state index contributed by atoms with van der Waals surface area (Å²) in [7, 11) is 0. The number of aliphatic hydroxyl groups excluding tert-OH is 2. The van der Waals surface area contributed by atoms with Crippen molar-refractivity contribution in [3.63, 3.8) is 0 Å². The van der Waals surface area contributed by atoms with E-state index in [-0.39, 0.29) is 0 Å². The van der Waals surface area contributed by atoms with Crippen molar-refractivity contribution >= 4 is 0 Å². The van der Waals surface area contributed by atoms with Crippen LogP contribution >= 0.6 is 0 Å². The highest BCUT2D eigenvalue weighted by molar-refractivity contribution is 5.17. The molecular formula is C13H15N3O5. The van der Waals surface area contributed by atoms with E-state index in [1.54, 1.807) is 0 Å². The smallest absolute Gasteiger partial charge is 0.190 e. The Bertz CT molecular complexity index is 536. The SMILES string of the molecule is [N-]=[N+]=N[C@H](CO)[C@H]1O[C@@H]2OC(c3ccccc3)O[C@@H]2[C@H]1O. The molecule has 0 spiro atoms. The molecular weight excluding hydrogens is 278 g/mol. The summed E-state index contributed by atoms with van der Waals surface area (Å²) in [4.78, 5) is 2.63. The largest absolute Gasteiger partial charge is 0.396 e. The second-order valence-electron chi connectivity index (χ2n) is 4.89. The van der Waals surface area contributed by atoms with Crippen molar-refractivity contribution in [3.05, 3.63) is 46.3 Å². The molecule has 2 saturated heterocycles. The highest BCUT2D eigenvalue weighted by atomic mass is 16.8. The third-order valence-corrected chi connectivity index (χ3v) is 3.61. The van der Waals surface area contributed by atoms with Crippen molar-refractivity contribution in [2.75, 3.05) is 6.61 Å². The van der Waals surface area contributed by atoms with Crippen molar-refractivity contribution in [1.29, 1.82) is 0 Å². The fraction of sp³-hybridized carbons (Fsp3) is 0.538. The molecule has 2 N–H and O–H groups in total. The first-order valence-electron chi connectivity index (χ1n) is 6.59. The molecule has 0 amide bonds. The van der Waals surface area contributed by atoms with Crippen LogP contribution in [0.2, 0.25) is 0 Å². The maximum absolute atomic E-state index is 10.2. The van der Waals surface area contributed by atoms with E-state index >= 15 is 0 Å². The highest BCUT2D eigenvalue weighted by Crippen LogP contribution is 2.40. The number of nitrogens with zero attached hydrogens (tertiary/aromatic N) is 3. The maximum Gasteiger partial charge on any atom is 0.190 e. The summed E-state index contributed by atoms with van der Waals surface area (Å²) >= 11 is 0. The minimum absolute atomic E-state index is 0.423. The fourth-order valence-electron chi connectivity index (χ4n) is 2.57. The molecule has 2 fully saturated rings. The summed E-state index contributed by atoms with van der Waals surface area (Å²) in [5.74, 6) is 0. The van der Waals surface area contributed by atoms with Crippen molar-refractivity contribution in [3.8, 4) is 0 Å². The van der Waals surface area contributed by atoms with Crippen LogP contribution in [-0.2, 0) is 14.2 Å². The lowest BCUT2D eigenvalue weighted by molar-refractivity contribution is -0.175. The molecule has 112 valence electrons. The molecule has 0 saturated carbocycles. The monoisotopic (exact) mass is 293 g/mol. The van der Waals surface area contributed by atoms with Crippen molar-refractivity contribution < 1.29 is 24.4 Å². The Balaban J connectivity index is 1.71. The Kier molecular flexibility index (Phi) is 4.07. The Labute approximate surface area is 120 Å². The molecule has 1 aromatic rings. The quantitative estimate of drug-likeness (QED) is 0.485. The molecule has 1 aromatic carbocycles. The van der Waals surface area contributed by atoms with E-state index in [1.807, 2.05) is 30.3 Å². The summed E-state index contributed by atoms with van der Waals surface area (Å²) in [6.07, 6.45) is -3.92. The zero-order chi connectivity index (χ0) is 14.8. The Morgan fingerprint density at radius 2 is 2.00 bits per heavy atom. The van der Waals surface area contributed by atoms with Crippen LogP contribution in [0.25, 0.3) is 10.4 Å². The van der Waals surface area contributed by atoms with Crippen LogP contribution in [0.1, 0.15) is 11.9 Å². The Hall–Kier alpha value is -1.67. The summed E-state index contributed by atoms with van der Waals surface area (Å²) in [6.45, 7) is -0.423. The lowest BCUT2D eigenvalue weighted by atomic mass is 10.1. The average Bonchev–Trinajstić information content (AvgIpc) is 3.06. The summed E-state index contributed by atoms with van der Waals surface area (Å²) in [5.41, 5.74) is 9.28. The van der Waals surface area contributed by atoms with E-state index in [4.69, 9.17) is 19.7 Å². The molecule has 21 heavy (non-hydrogen) atoms. The number of aliphatic hydroxyl groups is 2. The minimum atomic E-state index is -1.04. The van der Waals surface area contributed by atoms with Crippen molar-refractivity contribution in [2.45, 2.75) is 36.9 Å². The molecule has 0 aliphatic carbocycles. The zero-order valence-corrected chi connectivity index (χ0v) is 11.0. The van der Waals surface area contributed by atoms with Crippen LogP contribution in [0.3, 0.4) is 0 Å². The first-order chi connectivity index (χ1) is 10.2. The molecule has 8 nitrogen and oxygen atoms in total. The van der Waals surface area contributed by atoms with E-state index in [0.29, 0.717) is 0 Å². The van der Waals surface area contributed by atoms with Gasteiger partial charge in [-0.05, 0) is 5.53 Å². The lowest BCUT2D eigenvalue weighted by Gasteiger charge is -2.22. The molecule has 8 heteroatoms. The molecule has 2 heterocycles.